The van der Waals surface area contributed by atoms with Crippen LogP contribution in [0.25, 0.3) is 0 Å². The lowest BCUT2D eigenvalue weighted by Gasteiger charge is -2.24. The Bertz CT molecular complexity index is 878. The van der Waals surface area contributed by atoms with Gasteiger partial charge in [-0.3, -0.25) is 4.79 Å². The standard InChI is InChI=1S/C24H27NO4/c1-27-21-12-11-17(13-22(21)29-18-9-5-6-10-18)19-14-23(26)25-20(15-28-24(19)25)16-7-3-2-4-8-16/h2-4,7-8,11-13,18-20,24H,5-6,9-10,14-15H2,1H3/t19-,20+,24+/m0/s1. The van der Waals surface area contributed by atoms with Crippen LogP contribution >= 0.6 is 0 Å². The van der Waals surface area contributed by atoms with Gasteiger partial charge in [0.05, 0.1) is 25.9 Å². The number of carbonyl (C=O) groups is 1. The van der Waals surface area contributed by atoms with E-state index >= 15 is 0 Å². The molecule has 0 radical (unpaired) electrons. The summed E-state index contributed by atoms with van der Waals surface area (Å²) in [4.78, 5) is 14.8. The number of fused-ring (bicyclic) bond motifs is 1. The van der Waals surface area contributed by atoms with Crippen LogP contribution < -0.4 is 9.47 Å². The Kier molecular flexibility index (Phi) is 4.92. The van der Waals surface area contributed by atoms with Crippen LogP contribution in [0.1, 0.15) is 55.2 Å². The van der Waals surface area contributed by atoms with Crippen molar-refractivity contribution in [2.24, 2.45) is 0 Å². The number of benzene rings is 2. The summed E-state index contributed by atoms with van der Waals surface area (Å²) in [7, 11) is 1.67. The first-order chi connectivity index (χ1) is 14.2. The first kappa shape index (κ1) is 18.5. The summed E-state index contributed by atoms with van der Waals surface area (Å²) in [5, 5.41) is 0. The van der Waals surface area contributed by atoms with E-state index in [1.807, 2.05) is 35.2 Å². The van der Waals surface area contributed by atoms with Crippen molar-refractivity contribution in [2.75, 3.05) is 13.7 Å². The highest BCUT2D eigenvalue weighted by atomic mass is 16.5. The highest BCUT2D eigenvalue weighted by molar-refractivity contribution is 5.81. The summed E-state index contributed by atoms with van der Waals surface area (Å²) in [5.74, 6) is 1.69. The van der Waals surface area contributed by atoms with E-state index in [9.17, 15) is 4.79 Å². The lowest BCUT2D eigenvalue weighted by atomic mass is 9.96. The van der Waals surface area contributed by atoms with E-state index in [-0.39, 0.29) is 30.2 Å². The van der Waals surface area contributed by atoms with E-state index in [1.165, 1.54) is 12.8 Å². The number of ether oxygens (including phenoxy) is 3. The van der Waals surface area contributed by atoms with Crippen LogP contribution in [0.5, 0.6) is 11.5 Å². The number of amides is 1. The van der Waals surface area contributed by atoms with Gasteiger partial charge in [0.15, 0.2) is 11.5 Å². The smallest absolute Gasteiger partial charge is 0.226 e. The molecular formula is C24H27NO4. The Hall–Kier alpha value is -2.53. The Morgan fingerprint density at radius 2 is 1.79 bits per heavy atom. The molecule has 0 unspecified atom stereocenters. The molecule has 5 heteroatoms. The van der Waals surface area contributed by atoms with Gasteiger partial charge < -0.3 is 19.1 Å². The molecular weight excluding hydrogens is 366 g/mol. The van der Waals surface area contributed by atoms with E-state index in [0.717, 1.165) is 35.5 Å². The van der Waals surface area contributed by atoms with Crippen LogP contribution in [0.3, 0.4) is 0 Å². The molecule has 152 valence electrons. The van der Waals surface area contributed by atoms with Crippen molar-refractivity contribution in [3.05, 3.63) is 59.7 Å². The molecule has 2 aromatic carbocycles. The molecule has 0 aromatic heterocycles. The van der Waals surface area contributed by atoms with Crippen molar-refractivity contribution in [3.8, 4) is 11.5 Å². The fraction of sp³-hybridized carbons (Fsp3) is 0.458. The fourth-order valence-electron chi connectivity index (χ4n) is 4.96. The fourth-order valence-corrected chi connectivity index (χ4v) is 4.96. The molecule has 5 rings (SSSR count). The van der Waals surface area contributed by atoms with Crippen molar-refractivity contribution in [3.63, 3.8) is 0 Å². The van der Waals surface area contributed by atoms with Crippen LogP contribution in [0.15, 0.2) is 48.5 Å². The summed E-state index contributed by atoms with van der Waals surface area (Å²) in [6, 6.07) is 16.2. The average molecular weight is 393 g/mol. The van der Waals surface area contributed by atoms with Crippen LogP contribution in [-0.4, -0.2) is 36.9 Å². The molecule has 1 amide bonds. The molecule has 2 heterocycles. The molecule has 0 N–H and O–H groups in total. The third-order valence-electron chi connectivity index (χ3n) is 6.46. The predicted molar refractivity (Wildman–Crippen MR) is 109 cm³/mol. The van der Waals surface area contributed by atoms with Gasteiger partial charge in [0, 0.05) is 12.3 Å². The van der Waals surface area contributed by atoms with Gasteiger partial charge in [-0.1, -0.05) is 36.4 Å². The van der Waals surface area contributed by atoms with Crippen LogP contribution in [0.4, 0.5) is 0 Å². The minimum atomic E-state index is -0.222. The summed E-state index contributed by atoms with van der Waals surface area (Å²) in [5.41, 5.74) is 2.21. The molecule has 5 nitrogen and oxygen atoms in total. The monoisotopic (exact) mass is 393 g/mol. The predicted octanol–water partition coefficient (Wildman–Crippen LogP) is 4.43. The molecule has 2 saturated heterocycles. The summed E-state index contributed by atoms with van der Waals surface area (Å²) in [6.07, 6.45) is 5.11. The molecule has 1 saturated carbocycles. The maximum Gasteiger partial charge on any atom is 0.226 e. The molecule has 0 spiro atoms. The van der Waals surface area contributed by atoms with Crippen molar-refractivity contribution >= 4 is 5.91 Å². The van der Waals surface area contributed by atoms with Crippen molar-refractivity contribution in [1.82, 2.24) is 4.90 Å². The Morgan fingerprint density at radius 3 is 2.55 bits per heavy atom. The molecule has 0 bridgehead atoms. The van der Waals surface area contributed by atoms with Crippen molar-refractivity contribution < 1.29 is 19.0 Å². The van der Waals surface area contributed by atoms with Crippen LogP contribution in [-0.2, 0) is 9.53 Å². The number of hydrogen-bond acceptors (Lipinski definition) is 4. The number of nitrogens with zero attached hydrogens (tertiary/aromatic N) is 1. The summed E-state index contributed by atoms with van der Waals surface area (Å²) < 4.78 is 17.9. The Morgan fingerprint density at radius 1 is 1.00 bits per heavy atom. The van der Waals surface area contributed by atoms with Crippen LogP contribution in [0.2, 0.25) is 0 Å². The zero-order valence-corrected chi connectivity index (χ0v) is 16.8. The number of rotatable bonds is 5. The van der Waals surface area contributed by atoms with Gasteiger partial charge in [0.2, 0.25) is 5.91 Å². The second-order valence-corrected chi connectivity index (χ2v) is 8.20. The largest absolute Gasteiger partial charge is 0.493 e. The maximum atomic E-state index is 12.9. The average Bonchev–Trinajstić information content (AvgIpc) is 3.48. The molecule has 1 aliphatic carbocycles. The normalized spacial score (nSPS) is 26.7. The molecule has 2 aromatic rings. The van der Waals surface area contributed by atoms with Gasteiger partial charge in [0.25, 0.3) is 0 Å². The zero-order valence-electron chi connectivity index (χ0n) is 16.8. The highest BCUT2D eigenvalue weighted by Crippen LogP contribution is 2.46. The van der Waals surface area contributed by atoms with E-state index in [0.29, 0.717) is 13.0 Å². The van der Waals surface area contributed by atoms with Crippen molar-refractivity contribution in [2.45, 2.75) is 56.4 Å². The lowest BCUT2D eigenvalue weighted by molar-refractivity contribution is -0.131. The van der Waals surface area contributed by atoms with Gasteiger partial charge in [-0.15, -0.1) is 0 Å². The van der Waals surface area contributed by atoms with E-state index in [4.69, 9.17) is 14.2 Å². The van der Waals surface area contributed by atoms with Gasteiger partial charge >= 0.3 is 0 Å². The molecule has 3 atom stereocenters. The van der Waals surface area contributed by atoms with Gasteiger partial charge in [-0.25, -0.2) is 0 Å². The topological polar surface area (TPSA) is 48.0 Å². The third kappa shape index (κ3) is 3.38. The maximum absolute atomic E-state index is 12.9. The van der Waals surface area contributed by atoms with E-state index in [2.05, 4.69) is 18.2 Å². The number of methoxy groups -OCH3 is 1. The quantitative estimate of drug-likeness (QED) is 0.754. The minimum Gasteiger partial charge on any atom is -0.493 e. The number of carbonyl (C=O) groups excluding carboxylic acids is 1. The molecule has 3 fully saturated rings. The number of hydrogen-bond donors (Lipinski definition) is 0. The van der Waals surface area contributed by atoms with Crippen molar-refractivity contribution in [1.29, 1.82) is 0 Å². The first-order valence-electron chi connectivity index (χ1n) is 10.6. The Balaban J connectivity index is 1.41. The second-order valence-electron chi connectivity index (χ2n) is 8.20. The van der Waals surface area contributed by atoms with E-state index < -0.39 is 0 Å². The van der Waals surface area contributed by atoms with Gasteiger partial charge in [-0.2, -0.15) is 0 Å². The molecule has 3 aliphatic rings. The minimum absolute atomic E-state index is 0.00745. The second kappa shape index (κ2) is 7.71. The van der Waals surface area contributed by atoms with Crippen LogP contribution in [0, 0.1) is 0 Å². The highest BCUT2D eigenvalue weighted by Gasteiger charge is 2.49. The van der Waals surface area contributed by atoms with Gasteiger partial charge in [-0.05, 0) is 48.9 Å². The van der Waals surface area contributed by atoms with Gasteiger partial charge in [0.1, 0.15) is 6.23 Å². The molecule has 2 aliphatic heterocycles. The third-order valence-corrected chi connectivity index (χ3v) is 6.46. The Labute approximate surface area is 171 Å². The van der Waals surface area contributed by atoms with E-state index in [1.54, 1.807) is 7.11 Å². The summed E-state index contributed by atoms with van der Waals surface area (Å²) in [6.45, 7) is 0.540. The molecule has 29 heavy (non-hydrogen) atoms. The zero-order chi connectivity index (χ0) is 19.8. The SMILES string of the molecule is COc1ccc([C@@H]2CC(=O)N3[C@@H](c4ccccc4)CO[C@H]23)cc1OC1CCCC1. The summed E-state index contributed by atoms with van der Waals surface area (Å²) >= 11 is 0. The first-order valence-corrected chi connectivity index (χ1v) is 10.6. The lowest BCUT2D eigenvalue weighted by Crippen LogP contribution is -2.31.